The lowest BCUT2D eigenvalue weighted by Crippen LogP contribution is -2.00. The van der Waals surface area contributed by atoms with E-state index in [0.717, 1.165) is 0 Å². The highest BCUT2D eigenvalue weighted by molar-refractivity contribution is 6.33. The zero-order valence-corrected chi connectivity index (χ0v) is 9.83. The molecular formula is C12H6ClN5. The van der Waals surface area contributed by atoms with Crippen molar-refractivity contribution in [1.82, 2.24) is 19.7 Å². The summed E-state index contributed by atoms with van der Waals surface area (Å²) in [6.45, 7) is 0. The first-order chi connectivity index (χ1) is 8.81. The molecule has 0 aliphatic carbocycles. The second-order valence-electron chi connectivity index (χ2n) is 3.59. The maximum Gasteiger partial charge on any atom is 0.167 e. The Kier molecular flexibility index (Phi) is 2.43. The fourth-order valence-corrected chi connectivity index (χ4v) is 1.92. The van der Waals surface area contributed by atoms with Gasteiger partial charge in [-0.25, -0.2) is 14.6 Å². The molecule has 0 spiro atoms. The van der Waals surface area contributed by atoms with Crippen molar-refractivity contribution in [2.45, 2.75) is 0 Å². The summed E-state index contributed by atoms with van der Waals surface area (Å²) in [6.07, 6.45) is 2.96. The quantitative estimate of drug-likeness (QED) is 0.626. The molecule has 0 atom stereocenters. The number of aromatic nitrogens is 4. The zero-order chi connectivity index (χ0) is 12.5. The maximum absolute atomic E-state index is 9.09. The van der Waals surface area contributed by atoms with Crippen LogP contribution in [0.15, 0.2) is 36.8 Å². The number of benzene rings is 1. The number of rotatable bonds is 1. The third-order valence-corrected chi connectivity index (χ3v) is 2.87. The van der Waals surface area contributed by atoms with Crippen molar-refractivity contribution in [3.8, 4) is 11.8 Å². The molecule has 0 radical (unpaired) electrons. The van der Waals surface area contributed by atoms with Crippen LogP contribution in [0.2, 0.25) is 5.15 Å². The van der Waals surface area contributed by atoms with Gasteiger partial charge in [0.1, 0.15) is 17.5 Å². The summed E-state index contributed by atoms with van der Waals surface area (Å²) in [6, 6.07) is 9.30. The second-order valence-corrected chi connectivity index (χ2v) is 3.95. The lowest BCUT2D eigenvalue weighted by atomic mass is 10.2. The van der Waals surface area contributed by atoms with Crippen LogP contribution < -0.4 is 0 Å². The van der Waals surface area contributed by atoms with Gasteiger partial charge < -0.3 is 0 Å². The van der Waals surface area contributed by atoms with E-state index in [0.29, 0.717) is 27.4 Å². The van der Waals surface area contributed by atoms with E-state index >= 15 is 0 Å². The van der Waals surface area contributed by atoms with E-state index in [-0.39, 0.29) is 0 Å². The van der Waals surface area contributed by atoms with Crippen LogP contribution in [0, 0.1) is 11.3 Å². The molecule has 0 bridgehead atoms. The summed E-state index contributed by atoms with van der Waals surface area (Å²) in [7, 11) is 0. The first-order valence-corrected chi connectivity index (χ1v) is 5.53. The van der Waals surface area contributed by atoms with Crippen molar-refractivity contribution in [2.75, 3.05) is 0 Å². The summed E-state index contributed by atoms with van der Waals surface area (Å²) in [5.41, 5.74) is 1.78. The van der Waals surface area contributed by atoms with Crippen LogP contribution in [0.25, 0.3) is 16.7 Å². The van der Waals surface area contributed by atoms with Crippen LogP contribution in [0.1, 0.15) is 5.56 Å². The highest BCUT2D eigenvalue weighted by Crippen LogP contribution is 2.22. The molecule has 0 aliphatic rings. The van der Waals surface area contributed by atoms with Crippen molar-refractivity contribution in [3.63, 3.8) is 0 Å². The van der Waals surface area contributed by atoms with Gasteiger partial charge in [0.15, 0.2) is 5.65 Å². The summed E-state index contributed by atoms with van der Waals surface area (Å²) in [5.74, 6) is 0. The molecule has 0 fully saturated rings. The van der Waals surface area contributed by atoms with Crippen molar-refractivity contribution in [2.24, 2.45) is 0 Å². The van der Waals surface area contributed by atoms with Crippen LogP contribution in [0.3, 0.4) is 0 Å². The lowest BCUT2D eigenvalue weighted by molar-refractivity contribution is 0.892. The molecule has 0 amide bonds. The average molecular weight is 256 g/mol. The first kappa shape index (κ1) is 10.7. The minimum Gasteiger partial charge on any atom is -0.224 e. The minimum atomic E-state index is 0.348. The number of nitriles is 1. The number of hydrogen-bond donors (Lipinski definition) is 0. The minimum absolute atomic E-state index is 0.348. The van der Waals surface area contributed by atoms with Crippen LogP contribution in [-0.4, -0.2) is 19.7 Å². The van der Waals surface area contributed by atoms with E-state index in [1.165, 1.54) is 6.33 Å². The number of hydrogen-bond acceptors (Lipinski definition) is 4. The van der Waals surface area contributed by atoms with Crippen LogP contribution in [0.4, 0.5) is 0 Å². The largest absolute Gasteiger partial charge is 0.224 e. The predicted octanol–water partition coefficient (Wildman–Crippen LogP) is 2.34. The summed E-state index contributed by atoms with van der Waals surface area (Å²) in [5, 5.41) is 14.3. The van der Waals surface area contributed by atoms with Gasteiger partial charge in [0.25, 0.3) is 0 Å². The molecule has 5 nitrogen and oxygen atoms in total. The Bertz CT molecular complexity index is 771. The Morgan fingerprint density at radius 1 is 1.22 bits per heavy atom. The Morgan fingerprint density at radius 3 is 2.89 bits per heavy atom. The SMILES string of the molecule is N#Cc1ccccc1-n1ncc2c(Cl)ncnc21. The van der Waals surface area contributed by atoms with Gasteiger partial charge in [-0.15, -0.1) is 0 Å². The molecule has 0 unspecified atom stereocenters. The van der Waals surface area contributed by atoms with Gasteiger partial charge in [0, 0.05) is 0 Å². The predicted molar refractivity (Wildman–Crippen MR) is 66.4 cm³/mol. The van der Waals surface area contributed by atoms with E-state index in [9.17, 15) is 0 Å². The summed E-state index contributed by atoms with van der Waals surface area (Å²) < 4.78 is 1.58. The van der Waals surface area contributed by atoms with Crippen LogP contribution in [-0.2, 0) is 0 Å². The molecule has 0 aliphatic heterocycles. The molecule has 3 aromatic rings. The van der Waals surface area contributed by atoms with Gasteiger partial charge in [-0.1, -0.05) is 23.7 Å². The van der Waals surface area contributed by atoms with Gasteiger partial charge in [0.05, 0.1) is 22.8 Å². The molecule has 2 aromatic heterocycles. The van der Waals surface area contributed by atoms with Crippen molar-refractivity contribution < 1.29 is 0 Å². The lowest BCUT2D eigenvalue weighted by Gasteiger charge is -2.04. The van der Waals surface area contributed by atoms with Crippen molar-refractivity contribution >= 4 is 22.6 Å². The average Bonchev–Trinajstić information content (AvgIpc) is 2.84. The fourth-order valence-electron chi connectivity index (χ4n) is 1.74. The smallest absolute Gasteiger partial charge is 0.167 e. The van der Waals surface area contributed by atoms with Crippen molar-refractivity contribution in [1.29, 1.82) is 5.26 Å². The van der Waals surface area contributed by atoms with Gasteiger partial charge in [-0.2, -0.15) is 10.4 Å². The molecule has 0 N–H and O–H groups in total. The monoisotopic (exact) mass is 255 g/mol. The molecule has 2 heterocycles. The van der Waals surface area contributed by atoms with E-state index in [4.69, 9.17) is 16.9 Å². The molecule has 1 aromatic carbocycles. The Hall–Kier alpha value is -2.45. The number of halogens is 1. The molecule has 6 heteroatoms. The molecule has 0 saturated carbocycles. The molecule has 86 valence electrons. The third-order valence-electron chi connectivity index (χ3n) is 2.57. The van der Waals surface area contributed by atoms with E-state index in [1.54, 1.807) is 29.1 Å². The normalized spacial score (nSPS) is 10.4. The summed E-state index contributed by atoms with van der Waals surface area (Å²) >= 11 is 5.96. The van der Waals surface area contributed by atoms with Crippen molar-refractivity contribution in [3.05, 3.63) is 47.5 Å². The fraction of sp³-hybridized carbons (Fsp3) is 0. The van der Waals surface area contributed by atoms with E-state index in [2.05, 4.69) is 21.1 Å². The topological polar surface area (TPSA) is 67.4 Å². The third kappa shape index (κ3) is 1.51. The number of fused-ring (bicyclic) bond motifs is 1. The first-order valence-electron chi connectivity index (χ1n) is 5.15. The Labute approximate surface area is 107 Å². The Morgan fingerprint density at radius 2 is 2.06 bits per heavy atom. The second kappa shape index (κ2) is 4.09. The highest BCUT2D eigenvalue weighted by atomic mass is 35.5. The molecule has 18 heavy (non-hydrogen) atoms. The van der Waals surface area contributed by atoms with Gasteiger partial charge in [-0.3, -0.25) is 0 Å². The van der Waals surface area contributed by atoms with Crippen LogP contribution >= 0.6 is 11.6 Å². The van der Waals surface area contributed by atoms with Gasteiger partial charge in [0.2, 0.25) is 0 Å². The maximum atomic E-state index is 9.09. The van der Waals surface area contributed by atoms with Crippen LogP contribution in [0.5, 0.6) is 0 Å². The number of para-hydroxylation sites is 1. The molecule has 0 saturated heterocycles. The van der Waals surface area contributed by atoms with E-state index < -0.39 is 0 Å². The standard InChI is InChI=1S/C12H6ClN5/c13-11-9-6-17-18(12(9)16-7-15-11)10-4-2-1-3-8(10)5-14/h1-4,6-7H. The van der Waals surface area contributed by atoms with E-state index in [1.807, 2.05) is 6.07 Å². The number of nitrogens with zero attached hydrogens (tertiary/aromatic N) is 5. The highest BCUT2D eigenvalue weighted by Gasteiger charge is 2.11. The Balaban J connectivity index is 2.34. The molecular weight excluding hydrogens is 250 g/mol. The molecule has 3 rings (SSSR count). The van der Waals surface area contributed by atoms with Gasteiger partial charge >= 0.3 is 0 Å². The zero-order valence-electron chi connectivity index (χ0n) is 9.08. The summed E-state index contributed by atoms with van der Waals surface area (Å²) in [4.78, 5) is 8.04. The van der Waals surface area contributed by atoms with Gasteiger partial charge in [-0.05, 0) is 12.1 Å².